The van der Waals surface area contributed by atoms with Gasteiger partial charge in [0.15, 0.2) is 0 Å². The summed E-state index contributed by atoms with van der Waals surface area (Å²) < 4.78 is 11.0. The van der Waals surface area contributed by atoms with Crippen LogP contribution in [-0.2, 0) is 11.2 Å². The van der Waals surface area contributed by atoms with E-state index in [0.717, 1.165) is 35.4 Å². The Morgan fingerprint density at radius 3 is 2.47 bits per heavy atom. The third-order valence-corrected chi connectivity index (χ3v) is 3.69. The molecule has 0 amide bonds. The monoisotopic (exact) mass is 266 g/mol. The van der Waals surface area contributed by atoms with Gasteiger partial charge in [-0.25, -0.2) is 0 Å². The minimum atomic E-state index is 0.193. The van der Waals surface area contributed by atoms with Crippen molar-refractivity contribution in [2.45, 2.75) is 45.8 Å². The Morgan fingerprint density at radius 1 is 1.32 bits per heavy atom. The number of hydrogen-bond donors (Lipinski definition) is 1. The standard InChI is InChI=1S/C15H26N2O2/c1-7-14(18-5)13(16-4)8-12-11(3)15(19-6)10(2)9-17-12/h9,13-14,16H,7-8H2,1-6H3. The molecule has 0 bridgehead atoms. The maximum atomic E-state index is 5.52. The lowest BCUT2D eigenvalue weighted by atomic mass is 9.99. The SMILES string of the molecule is CCC(OC)C(Cc1ncc(C)c(OC)c1C)NC. The fourth-order valence-electron chi connectivity index (χ4n) is 2.52. The topological polar surface area (TPSA) is 43.4 Å². The first kappa shape index (κ1) is 15.9. The van der Waals surface area contributed by atoms with Gasteiger partial charge in [0, 0.05) is 42.6 Å². The number of aromatic nitrogens is 1. The van der Waals surface area contributed by atoms with Crippen LogP contribution in [0.5, 0.6) is 5.75 Å². The molecule has 4 heteroatoms. The highest BCUT2D eigenvalue weighted by molar-refractivity contribution is 5.41. The summed E-state index contributed by atoms with van der Waals surface area (Å²) in [5.74, 6) is 0.935. The fourth-order valence-corrected chi connectivity index (χ4v) is 2.52. The van der Waals surface area contributed by atoms with Crippen LogP contribution in [0.2, 0.25) is 0 Å². The van der Waals surface area contributed by atoms with Gasteiger partial charge in [-0.2, -0.15) is 0 Å². The lowest BCUT2D eigenvalue weighted by Crippen LogP contribution is -2.40. The second-order valence-electron chi connectivity index (χ2n) is 4.83. The number of nitrogens with zero attached hydrogens (tertiary/aromatic N) is 1. The van der Waals surface area contributed by atoms with Crippen molar-refractivity contribution in [3.8, 4) is 5.75 Å². The van der Waals surface area contributed by atoms with Crippen molar-refractivity contribution in [1.82, 2.24) is 10.3 Å². The summed E-state index contributed by atoms with van der Waals surface area (Å²) in [6, 6.07) is 0.258. The van der Waals surface area contributed by atoms with Gasteiger partial charge in [-0.1, -0.05) is 6.92 Å². The molecule has 0 aliphatic rings. The quantitative estimate of drug-likeness (QED) is 0.822. The molecule has 0 aliphatic heterocycles. The van der Waals surface area contributed by atoms with Crippen LogP contribution in [0.25, 0.3) is 0 Å². The predicted molar refractivity (Wildman–Crippen MR) is 77.9 cm³/mol. The number of methoxy groups -OCH3 is 2. The number of aryl methyl sites for hydroxylation is 1. The average Bonchev–Trinajstić information content (AvgIpc) is 2.42. The van der Waals surface area contributed by atoms with E-state index in [1.807, 2.05) is 20.2 Å². The first-order valence-electron chi connectivity index (χ1n) is 6.78. The molecule has 0 spiro atoms. The summed E-state index contributed by atoms with van der Waals surface area (Å²) in [5, 5.41) is 3.33. The lowest BCUT2D eigenvalue weighted by Gasteiger charge is -2.25. The van der Waals surface area contributed by atoms with Crippen LogP contribution < -0.4 is 10.1 Å². The molecule has 0 aliphatic carbocycles. The second kappa shape index (κ2) is 7.46. The molecule has 0 aromatic carbocycles. The van der Waals surface area contributed by atoms with Crippen molar-refractivity contribution in [2.75, 3.05) is 21.3 Å². The Hall–Kier alpha value is -1.13. The Labute approximate surface area is 116 Å². The molecule has 1 aromatic heterocycles. The number of nitrogens with one attached hydrogen (secondary N) is 1. The zero-order valence-corrected chi connectivity index (χ0v) is 12.9. The maximum Gasteiger partial charge on any atom is 0.128 e. The molecule has 2 atom stereocenters. The van der Waals surface area contributed by atoms with Crippen molar-refractivity contribution in [3.05, 3.63) is 23.0 Å². The van der Waals surface area contributed by atoms with Gasteiger partial charge in [0.2, 0.25) is 0 Å². The van der Waals surface area contributed by atoms with Gasteiger partial charge in [0.1, 0.15) is 5.75 Å². The van der Waals surface area contributed by atoms with Crippen molar-refractivity contribution in [1.29, 1.82) is 0 Å². The van der Waals surface area contributed by atoms with E-state index in [-0.39, 0.29) is 12.1 Å². The third-order valence-electron chi connectivity index (χ3n) is 3.69. The van der Waals surface area contributed by atoms with Crippen LogP contribution in [0, 0.1) is 13.8 Å². The van der Waals surface area contributed by atoms with Gasteiger partial charge < -0.3 is 14.8 Å². The lowest BCUT2D eigenvalue weighted by molar-refractivity contribution is 0.0674. The first-order chi connectivity index (χ1) is 9.08. The number of hydrogen-bond acceptors (Lipinski definition) is 4. The molecule has 1 rings (SSSR count). The Balaban J connectivity index is 2.97. The Kier molecular flexibility index (Phi) is 6.25. The van der Waals surface area contributed by atoms with Gasteiger partial charge in [0.05, 0.1) is 13.2 Å². The van der Waals surface area contributed by atoms with Crippen LogP contribution in [0.4, 0.5) is 0 Å². The molecule has 108 valence electrons. The molecule has 1 aromatic rings. The fraction of sp³-hybridized carbons (Fsp3) is 0.667. The van der Waals surface area contributed by atoms with Gasteiger partial charge in [-0.3, -0.25) is 4.98 Å². The Bertz CT molecular complexity index is 403. The third kappa shape index (κ3) is 3.67. The van der Waals surface area contributed by atoms with Gasteiger partial charge in [-0.15, -0.1) is 0 Å². The van der Waals surface area contributed by atoms with Crippen molar-refractivity contribution in [3.63, 3.8) is 0 Å². The summed E-state index contributed by atoms with van der Waals surface area (Å²) in [4.78, 5) is 4.55. The van der Waals surface area contributed by atoms with Crippen LogP contribution in [-0.4, -0.2) is 38.4 Å². The van der Waals surface area contributed by atoms with Crippen molar-refractivity contribution < 1.29 is 9.47 Å². The first-order valence-corrected chi connectivity index (χ1v) is 6.78. The molecule has 4 nitrogen and oxygen atoms in total. The van der Waals surface area contributed by atoms with E-state index in [1.165, 1.54) is 0 Å². The molecule has 1 N–H and O–H groups in total. The number of pyridine rings is 1. The van der Waals surface area contributed by atoms with E-state index in [9.17, 15) is 0 Å². The van der Waals surface area contributed by atoms with E-state index < -0.39 is 0 Å². The molecule has 0 saturated heterocycles. The summed E-state index contributed by atoms with van der Waals surface area (Å²) in [6.07, 6.45) is 3.88. The van der Waals surface area contributed by atoms with Gasteiger partial charge >= 0.3 is 0 Å². The molecule has 0 saturated carbocycles. The van der Waals surface area contributed by atoms with Gasteiger partial charge in [-0.05, 0) is 27.3 Å². The van der Waals surface area contributed by atoms with E-state index in [0.29, 0.717) is 0 Å². The molecular weight excluding hydrogens is 240 g/mol. The van der Waals surface area contributed by atoms with Gasteiger partial charge in [0.25, 0.3) is 0 Å². The molecule has 1 heterocycles. The smallest absolute Gasteiger partial charge is 0.128 e. The van der Waals surface area contributed by atoms with Crippen molar-refractivity contribution in [2.24, 2.45) is 0 Å². The van der Waals surface area contributed by atoms with E-state index in [4.69, 9.17) is 9.47 Å². The molecule has 0 radical (unpaired) electrons. The number of ether oxygens (including phenoxy) is 2. The molecule has 2 unspecified atom stereocenters. The summed E-state index contributed by atoms with van der Waals surface area (Å²) in [5.41, 5.74) is 3.26. The summed E-state index contributed by atoms with van der Waals surface area (Å²) >= 11 is 0. The zero-order valence-electron chi connectivity index (χ0n) is 12.9. The molecular formula is C15H26N2O2. The van der Waals surface area contributed by atoms with E-state index >= 15 is 0 Å². The normalized spacial score (nSPS) is 14.2. The number of rotatable bonds is 7. The van der Waals surface area contributed by atoms with Crippen LogP contribution in [0.15, 0.2) is 6.20 Å². The highest BCUT2D eigenvalue weighted by Crippen LogP contribution is 2.25. The molecule has 19 heavy (non-hydrogen) atoms. The largest absolute Gasteiger partial charge is 0.496 e. The van der Waals surface area contributed by atoms with Crippen LogP contribution in [0.1, 0.15) is 30.2 Å². The maximum absolute atomic E-state index is 5.52. The van der Waals surface area contributed by atoms with Crippen LogP contribution in [0.3, 0.4) is 0 Å². The summed E-state index contributed by atoms with van der Waals surface area (Å²) in [6.45, 7) is 6.21. The van der Waals surface area contributed by atoms with E-state index in [1.54, 1.807) is 14.2 Å². The van der Waals surface area contributed by atoms with Crippen LogP contribution >= 0.6 is 0 Å². The number of likely N-dealkylation sites (N-methyl/N-ethyl adjacent to an activating group) is 1. The highest BCUT2D eigenvalue weighted by atomic mass is 16.5. The molecule has 0 fully saturated rings. The highest BCUT2D eigenvalue weighted by Gasteiger charge is 2.21. The zero-order chi connectivity index (χ0) is 14.4. The summed E-state index contributed by atoms with van der Waals surface area (Å²) in [7, 11) is 5.43. The van der Waals surface area contributed by atoms with E-state index in [2.05, 4.69) is 24.1 Å². The predicted octanol–water partition coefficient (Wildman–Crippen LogP) is 2.26. The minimum Gasteiger partial charge on any atom is -0.496 e. The van der Waals surface area contributed by atoms with Crippen molar-refractivity contribution >= 4 is 0 Å². The second-order valence-corrected chi connectivity index (χ2v) is 4.83. The minimum absolute atomic E-state index is 0.193. The Morgan fingerprint density at radius 2 is 2.00 bits per heavy atom. The average molecular weight is 266 g/mol.